The number of benzene rings is 1. The Morgan fingerprint density at radius 2 is 2.09 bits per heavy atom. The van der Waals surface area contributed by atoms with Crippen LogP contribution < -0.4 is 16.0 Å². The largest absolute Gasteiger partial charge is 0.496 e. The highest BCUT2D eigenvalue weighted by molar-refractivity contribution is 7.98. The molecule has 0 aliphatic carbocycles. The second-order valence-corrected chi connectivity index (χ2v) is 5.57. The van der Waals surface area contributed by atoms with Gasteiger partial charge in [0.2, 0.25) is 0 Å². The summed E-state index contributed by atoms with van der Waals surface area (Å²) in [6.07, 6.45) is 3.25. The fraction of sp³-hybridized carbons (Fsp3) is 0.200. The first-order valence-corrected chi connectivity index (χ1v) is 7.99. The summed E-state index contributed by atoms with van der Waals surface area (Å²) in [5.41, 5.74) is 0.378. The number of H-pyrrole nitrogens is 1. The van der Waals surface area contributed by atoms with Crippen LogP contribution in [0.2, 0.25) is 0 Å². The molecule has 1 N–H and O–H groups in total. The van der Waals surface area contributed by atoms with Crippen LogP contribution in [0.4, 0.5) is 0 Å². The van der Waals surface area contributed by atoms with Crippen molar-refractivity contribution in [2.24, 2.45) is 0 Å². The number of hydrogen-bond acceptors (Lipinski definition) is 6. The van der Waals surface area contributed by atoms with Crippen molar-refractivity contribution in [2.75, 3.05) is 13.4 Å². The van der Waals surface area contributed by atoms with Gasteiger partial charge in [0.15, 0.2) is 10.8 Å². The van der Waals surface area contributed by atoms with E-state index in [1.165, 1.54) is 25.1 Å². The van der Waals surface area contributed by atoms with Crippen molar-refractivity contribution in [2.45, 2.75) is 12.1 Å². The van der Waals surface area contributed by atoms with Crippen molar-refractivity contribution in [1.29, 1.82) is 0 Å². The Hall–Kier alpha value is -2.61. The smallest absolute Gasteiger partial charge is 0.334 e. The first-order chi connectivity index (χ1) is 11.1. The molecule has 7 nitrogen and oxygen atoms in total. The fourth-order valence-electron chi connectivity index (χ4n) is 2.37. The maximum atomic E-state index is 12.7. The lowest BCUT2D eigenvalue weighted by Gasteiger charge is -2.12. The van der Waals surface area contributed by atoms with E-state index < -0.39 is 11.2 Å². The summed E-state index contributed by atoms with van der Waals surface area (Å²) in [6.45, 7) is 1.79. The van der Waals surface area contributed by atoms with Gasteiger partial charge in [0.05, 0.1) is 12.8 Å². The minimum atomic E-state index is -0.551. The predicted molar refractivity (Wildman–Crippen MR) is 88.8 cm³/mol. The molecule has 2 aromatic heterocycles. The number of aromatic nitrogens is 4. The minimum Gasteiger partial charge on any atom is -0.496 e. The van der Waals surface area contributed by atoms with Crippen LogP contribution in [-0.4, -0.2) is 32.9 Å². The SMILES string of the molecule is COc1cccc(-n2c(=O)[nH]c3nc(SC)ncc3c2=O)c1C. The van der Waals surface area contributed by atoms with Crippen LogP contribution in [0.1, 0.15) is 5.56 Å². The molecule has 23 heavy (non-hydrogen) atoms. The quantitative estimate of drug-likeness (QED) is 0.578. The molecule has 0 fully saturated rings. The molecule has 0 aliphatic rings. The molecule has 0 saturated carbocycles. The van der Waals surface area contributed by atoms with Gasteiger partial charge in [-0.05, 0) is 25.3 Å². The maximum absolute atomic E-state index is 12.7. The van der Waals surface area contributed by atoms with Crippen LogP contribution in [0.15, 0.2) is 39.1 Å². The normalized spacial score (nSPS) is 10.9. The molecule has 0 bridgehead atoms. The van der Waals surface area contributed by atoms with Crippen molar-refractivity contribution in [1.82, 2.24) is 19.5 Å². The molecule has 2 heterocycles. The van der Waals surface area contributed by atoms with Crippen LogP contribution in [0, 0.1) is 6.92 Å². The monoisotopic (exact) mass is 330 g/mol. The number of hydrogen-bond donors (Lipinski definition) is 1. The van der Waals surface area contributed by atoms with Crippen LogP contribution in [0.25, 0.3) is 16.7 Å². The summed E-state index contributed by atoms with van der Waals surface area (Å²) in [6, 6.07) is 5.19. The van der Waals surface area contributed by atoms with Gasteiger partial charge in [0.25, 0.3) is 5.56 Å². The van der Waals surface area contributed by atoms with E-state index in [-0.39, 0.29) is 11.0 Å². The average Bonchev–Trinajstić information content (AvgIpc) is 2.55. The van der Waals surface area contributed by atoms with Gasteiger partial charge in [-0.2, -0.15) is 0 Å². The summed E-state index contributed by atoms with van der Waals surface area (Å²) in [4.78, 5) is 36.0. The Kier molecular flexibility index (Phi) is 3.91. The standard InChI is InChI=1S/C15H14N4O3S/c1-8-10(5-4-6-11(8)22-2)19-13(20)9-7-16-14(23-3)17-12(9)18-15(19)21/h4-7H,1-3H3,(H,16,17,18,21). The summed E-state index contributed by atoms with van der Waals surface area (Å²) >= 11 is 1.33. The third-order valence-electron chi connectivity index (χ3n) is 3.53. The Balaban J connectivity index is 2.36. The van der Waals surface area contributed by atoms with Crippen molar-refractivity contribution in [3.8, 4) is 11.4 Å². The van der Waals surface area contributed by atoms with Gasteiger partial charge >= 0.3 is 5.69 Å². The fourth-order valence-corrected chi connectivity index (χ4v) is 2.71. The van der Waals surface area contributed by atoms with Crippen molar-refractivity contribution < 1.29 is 4.74 Å². The zero-order valence-electron chi connectivity index (χ0n) is 12.8. The number of rotatable bonds is 3. The van der Waals surface area contributed by atoms with Crippen molar-refractivity contribution >= 4 is 22.8 Å². The van der Waals surface area contributed by atoms with Crippen LogP contribution in [0.3, 0.4) is 0 Å². The molecule has 1 aromatic carbocycles. The molecule has 0 aliphatic heterocycles. The van der Waals surface area contributed by atoms with Crippen LogP contribution in [0.5, 0.6) is 5.75 Å². The number of thioether (sulfide) groups is 1. The van der Waals surface area contributed by atoms with Gasteiger partial charge in [-0.25, -0.2) is 19.3 Å². The zero-order valence-corrected chi connectivity index (χ0v) is 13.6. The first kappa shape index (κ1) is 15.3. The summed E-state index contributed by atoms with van der Waals surface area (Å²) in [5, 5.41) is 0.743. The van der Waals surface area contributed by atoms with E-state index in [1.807, 2.05) is 6.26 Å². The lowest BCUT2D eigenvalue weighted by molar-refractivity contribution is 0.411. The number of fused-ring (bicyclic) bond motifs is 1. The topological polar surface area (TPSA) is 89.9 Å². The highest BCUT2D eigenvalue weighted by atomic mass is 32.2. The average molecular weight is 330 g/mol. The summed E-state index contributed by atoms with van der Waals surface area (Å²) in [7, 11) is 1.54. The van der Waals surface area contributed by atoms with Crippen molar-refractivity contribution in [3.63, 3.8) is 0 Å². The minimum absolute atomic E-state index is 0.233. The first-order valence-electron chi connectivity index (χ1n) is 6.77. The van der Waals surface area contributed by atoms with Gasteiger partial charge < -0.3 is 4.74 Å². The zero-order chi connectivity index (χ0) is 16.6. The summed E-state index contributed by atoms with van der Waals surface area (Å²) in [5.74, 6) is 0.600. The molecular weight excluding hydrogens is 316 g/mol. The van der Waals surface area contributed by atoms with Crippen LogP contribution >= 0.6 is 11.8 Å². The molecule has 0 saturated heterocycles. The highest BCUT2D eigenvalue weighted by Crippen LogP contribution is 2.22. The Labute approximate surface area is 135 Å². The van der Waals surface area contributed by atoms with Gasteiger partial charge in [-0.1, -0.05) is 17.8 Å². The summed E-state index contributed by atoms with van der Waals surface area (Å²) < 4.78 is 6.32. The van der Waals surface area contributed by atoms with E-state index in [9.17, 15) is 9.59 Å². The van der Waals surface area contributed by atoms with E-state index in [0.717, 1.165) is 4.57 Å². The number of ether oxygens (including phenoxy) is 1. The Morgan fingerprint density at radius 3 is 2.78 bits per heavy atom. The van der Waals surface area contributed by atoms with E-state index in [1.54, 1.807) is 25.1 Å². The maximum Gasteiger partial charge on any atom is 0.334 e. The lowest BCUT2D eigenvalue weighted by atomic mass is 10.1. The van der Waals surface area contributed by atoms with Gasteiger partial charge in [-0.15, -0.1) is 0 Å². The van der Waals surface area contributed by atoms with E-state index in [4.69, 9.17) is 4.74 Å². The van der Waals surface area contributed by atoms with E-state index in [2.05, 4.69) is 15.0 Å². The molecular formula is C15H14N4O3S. The van der Waals surface area contributed by atoms with E-state index in [0.29, 0.717) is 22.2 Å². The lowest BCUT2D eigenvalue weighted by Crippen LogP contribution is -2.34. The third kappa shape index (κ3) is 2.50. The van der Waals surface area contributed by atoms with Gasteiger partial charge in [-0.3, -0.25) is 9.78 Å². The highest BCUT2D eigenvalue weighted by Gasteiger charge is 2.14. The number of aromatic amines is 1. The van der Waals surface area contributed by atoms with Crippen LogP contribution in [-0.2, 0) is 0 Å². The molecule has 0 atom stereocenters. The molecule has 0 unspecified atom stereocenters. The van der Waals surface area contributed by atoms with E-state index >= 15 is 0 Å². The number of methoxy groups -OCH3 is 1. The Morgan fingerprint density at radius 1 is 1.30 bits per heavy atom. The molecule has 0 amide bonds. The second-order valence-electron chi connectivity index (χ2n) is 4.79. The third-order valence-corrected chi connectivity index (χ3v) is 4.09. The molecule has 8 heteroatoms. The van der Waals surface area contributed by atoms with Gasteiger partial charge in [0.1, 0.15) is 11.1 Å². The molecule has 3 aromatic rings. The number of nitrogens with one attached hydrogen (secondary N) is 1. The predicted octanol–water partition coefficient (Wildman–Crippen LogP) is 1.51. The molecule has 3 rings (SSSR count). The molecule has 0 spiro atoms. The van der Waals surface area contributed by atoms with Gasteiger partial charge in [0, 0.05) is 11.8 Å². The Bertz CT molecular complexity index is 1010. The molecule has 0 radical (unpaired) electrons. The number of nitrogens with zero attached hydrogens (tertiary/aromatic N) is 3. The van der Waals surface area contributed by atoms with Crippen molar-refractivity contribution in [3.05, 3.63) is 50.8 Å². The molecule has 118 valence electrons. The second kappa shape index (κ2) is 5.88.